The van der Waals surface area contributed by atoms with E-state index in [4.69, 9.17) is 16.7 Å². The molecule has 1 aliphatic rings. The second kappa shape index (κ2) is 5.79. The number of halogens is 2. The van der Waals surface area contributed by atoms with Gasteiger partial charge in [-0.2, -0.15) is 0 Å². The van der Waals surface area contributed by atoms with Crippen LogP contribution in [0.1, 0.15) is 24.8 Å². The first kappa shape index (κ1) is 14.8. The maximum Gasteiger partial charge on any atom is 0.308 e. The highest BCUT2D eigenvalue weighted by molar-refractivity contribution is 6.31. The Morgan fingerprint density at radius 1 is 1.55 bits per heavy atom. The zero-order valence-corrected chi connectivity index (χ0v) is 11.7. The number of rotatable bonds is 5. The van der Waals surface area contributed by atoms with Crippen LogP contribution >= 0.6 is 11.6 Å². The van der Waals surface area contributed by atoms with Crippen LogP contribution in [-0.4, -0.2) is 23.5 Å². The van der Waals surface area contributed by atoms with Gasteiger partial charge in [0.1, 0.15) is 5.82 Å². The number of nitrogens with one attached hydrogen (secondary N) is 1. The highest BCUT2D eigenvalue weighted by atomic mass is 35.5. The van der Waals surface area contributed by atoms with Gasteiger partial charge in [-0.25, -0.2) is 4.39 Å². The number of benzene rings is 1. The van der Waals surface area contributed by atoms with Gasteiger partial charge >= 0.3 is 5.97 Å². The van der Waals surface area contributed by atoms with Crippen molar-refractivity contribution in [2.75, 3.05) is 6.54 Å². The average Bonchev–Trinajstić information content (AvgIpc) is 3.15. The smallest absolute Gasteiger partial charge is 0.308 e. The van der Waals surface area contributed by atoms with Crippen molar-refractivity contribution in [3.8, 4) is 0 Å². The molecule has 1 aromatic rings. The van der Waals surface area contributed by atoms with E-state index in [2.05, 4.69) is 5.32 Å². The number of carbonyl (C=O) groups excluding carboxylic acids is 1. The normalized spacial score (nSPS) is 22.1. The van der Waals surface area contributed by atoms with Crippen molar-refractivity contribution in [3.05, 3.63) is 34.6 Å². The fourth-order valence-corrected chi connectivity index (χ4v) is 2.44. The number of carboxylic acids is 1. The molecular formula is C14H15ClFNO3. The van der Waals surface area contributed by atoms with Crippen molar-refractivity contribution in [2.24, 2.45) is 11.8 Å². The number of amides is 1. The quantitative estimate of drug-likeness (QED) is 0.877. The standard InChI is InChI=1S/C14H15ClFNO3/c1-7(14(19)20)6-17-13(18)9-5-8(9)12-10(15)3-2-4-11(12)16/h2-4,7-9H,5-6H2,1H3,(H,17,18)(H,19,20)/t7-,8-,9+/m1/s1. The number of hydrogen-bond acceptors (Lipinski definition) is 2. The van der Waals surface area contributed by atoms with Crippen molar-refractivity contribution in [3.63, 3.8) is 0 Å². The van der Waals surface area contributed by atoms with Gasteiger partial charge in [0.25, 0.3) is 0 Å². The molecule has 6 heteroatoms. The molecule has 1 amide bonds. The highest BCUT2D eigenvalue weighted by Gasteiger charge is 2.46. The molecular weight excluding hydrogens is 285 g/mol. The summed E-state index contributed by atoms with van der Waals surface area (Å²) < 4.78 is 13.7. The summed E-state index contributed by atoms with van der Waals surface area (Å²) in [6.45, 7) is 1.59. The molecule has 1 aliphatic carbocycles. The van der Waals surface area contributed by atoms with E-state index in [9.17, 15) is 14.0 Å². The molecule has 20 heavy (non-hydrogen) atoms. The number of carbonyl (C=O) groups is 2. The third kappa shape index (κ3) is 3.10. The molecule has 1 aromatic carbocycles. The summed E-state index contributed by atoms with van der Waals surface area (Å²) in [5.74, 6) is -2.81. The molecule has 0 bridgehead atoms. The van der Waals surface area contributed by atoms with Crippen molar-refractivity contribution < 1.29 is 19.1 Å². The molecule has 2 rings (SSSR count). The Hall–Kier alpha value is -1.62. The van der Waals surface area contributed by atoms with E-state index in [0.29, 0.717) is 17.0 Å². The third-order valence-corrected chi connectivity index (χ3v) is 3.83. The van der Waals surface area contributed by atoms with E-state index in [-0.39, 0.29) is 24.3 Å². The van der Waals surface area contributed by atoms with Gasteiger partial charge in [0, 0.05) is 29.0 Å². The molecule has 3 atom stereocenters. The molecule has 4 nitrogen and oxygen atoms in total. The van der Waals surface area contributed by atoms with Crippen LogP contribution in [0, 0.1) is 17.7 Å². The monoisotopic (exact) mass is 299 g/mol. The van der Waals surface area contributed by atoms with Gasteiger partial charge in [0.05, 0.1) is 5.92 Å². The predicted octanol–water partition coefficient (Wildman–Crippen LogP) is 2.42. The Bertz CT molecular complexity index is 529. The SMILES string of the molecule is C[C@H](CNC(=O)[C@H]1C[C@H]1c1c(F)cccc1Cl)C(=O)O. The minimum atomic E-state index is -0.963. The summed E-state index contributed by atoms with van der Waals surface area (Å²) in [7, 11) is 0. The van der Waals surface area contributed by atoms with Gasteiger partial charge in [-0.1, -0.05) is 24.6 Å². The molecule has 2 N–H and O–H groups in total. The summed E-state index contributed by atoms with van der Waals surface area (Å²) >= 11 is 5.95. The maximum absolute atomic E-state index is 13.7. The van der Waals surface area contributed by atoms with Crippen LogP contribution < -0.4 is 5.32 Å². The van der Waals surface area contributed by atoms with Crippen molar-refractivity contribution >= 4 is 23.5 Å². The fraction of sp³-hybridized carbons (Fsp3) is 0.429. The van der Waals surface area contributed by atoms with E-state index in [0.717, 1.165) is 0 Å². The molecule has 0 unspecified atom stereocenters. The van der Waals surface area contributed by atoms with E-state index in [1.807, 2.05) is 0 Å². The number of hydrogen-bond donors (Lipinski definition) is 2. The highest BCUT2D eigenvalue weighted by Crippen LogP contribution is 2.50. The van der Waals surface area contributed by atoms with Gasteiger partial charge in [-0.15, -0.1) is 0 Å². The minimum absolute atomic E-state index is 0.0718. The van der Waals surface area contributed by atoms with Gasteiger partial charge in [-0.05, 0) is 18.6 Å². The summed E-state index contributed by atoms with van der Waals surface area (Å²) in [5, 5.41) is 11.6. The Balaban J connectivity index is 1.95. The minimum Gasteiger partial charge on any atom is -0.481 e. The fourth-order valence-electron chi connectivity index (χ4n) is 2.14. The van der Waals surface area contributed by atoms with Crippen LogP contribution in [0.3, 0.4) is 0 Å². The van der Waals surface area contributed by atoms with Crippen LogP contribution in [-0.2, 0) is 9.59 Å². The van der Waals surface area contributed by atoms with Crippen molar-refractivity contribution in [1.29, 1.82) is 0 Å². The molecule has 0 aromatic heterocycles. The topological polar surface area (TPSA) is 66.4 Å². The second-order valence-corrected chi connectivity index (χ2v) is 5.48. The van der Waals surface area contributed by atoms with Crippen LogP contribution in [0.4, 0.5) is 4.39 Å². The first-order valence-corrected chi connectivity index (χ1v) is 6.74. The first-order valence-electron chi connectivity index (χ1n) is 6.36. The lowest BCUT2D eigenvalue weighted by atomic mass is 10.1. The molecule has 1 fully saturated rings. The molecule has 0 spiro atoms. The molecule has 0 heterocycles. The zero-order chi connectivity index (χ0) is 14.9. The molecule has 0 radical (unpaired) electrons. The molecule has 1 saturated carbocycles. The van der Waals surface area contributed by atoms with E-state index < -0.39 is 17.7 Å². The van der Waals surface area contributed by atoms with Crippen LogP contribution in [0.5, 0.6) is 0 Å². The lowest BCUT2D eigenvalue weighted by molar-refractivity contribution is -0.141. The maximum atomic E-state index is 13.7. The summed E-state index contributed by atoms with van der Waals surface area (Å²) in [4.78, 5) is 22.5. The Kier molecular flexibility index (Phi) is 4.28. The summed E-state index contributed by atoms with van der Waals surface area (Å²) in [5.41, 5.74) is 0.376. The van der Waals surface area contributed by atoms with Crippen LogP contribution in [0.15, 0.2) is 18.2 Å². The van der Waals surface area contributed by atoms with Gasteiger partial charge in [-0.3, -0.25) is 9.59 Å². The van der Waals surface area contributed by atoms with Gasteiger partial charge in [0.2, 0.25) is 5.91 Å². The van der Waals surface area contributed by atoms with Crippen LogP contribution in [0.25, 0.3) is 0 Å². The van der Waals surface area contributed by atoms with Gasteiger partial charge in [0.15, 0.2) is 0 Å². The number of aliphatic carboxylic acids is 1. The predicted molar refractivity (Wildman–Crippen MR) is 72.1 cm³/mol. The average molecular weight is 300 g/mol. The second-order valence-electron chi connectivity index (χ2n) is 5.07. The molecule has 0 aliphatic heterocycles. The third-order valence-electron chi connectivity index (χ3n) is 3.50. The number of carboxylic acid groups (broad SMARTS) is 1. The van der Waals surface area contributed by atoms with E-state index in [1.54, 1.807) is 6.07 Å². The Morgan fingerprint density at radius 3 is 2.85 bits per heavy atom. The van der Waals surface area contributed by atoms with Crippen molar-refractivity contribution in [2.45, 2.75) is 19.3 Å². The Labute approximate surface area is 120 Å². The lowest BCUT2D eigenvalue weighted by Crippen LogP contribution is -2.32. The summed E-state index contributed by atoms with van der Waals surface area (Å²) in [6, 6.07) is 4.44. The molecule has 108 valence electrons. The molecule has 0 saturated heterocycles. The van der Waals surface area contributed by atoms with Crippen molar-refractivity contribution in [1.82, 2.24) is 5.32 Å². The Morgan fingerprint density at radius 2 is 2.25 bits per heavy atom. The summed E-state index contributed by atoms with van der Waals surface area (Å²) in [6.07, 6.45) is 0.536. The van der Waals surface area contributed by atoms with Crippen LogP contribution in [0.2, 0.25) is 5.02 Å². The van der Waals surface area contributed by atoms with E-state index in [1.165, 1.54) is 19.1 Å². The van der Waals surface area contributed by atoms with E-state index >= 15 is 0 Å². The largest absolute Gasteiger partial charge is 0.481 e. The first-order chi connectivity index (χ1) is 9.41. The lowest BCUT2D eigenvalue weighted by Gasteiger charge is -2.09. The van der Waals surface area contributed by atoms with Gasteiger partial charge < -0.3 is 10.4 Å². The zero-order valence-electron chi connectivity index (χ0n) is 10.9.